The van der Waals surface area contributed by atoms with Gasteiger partial charge in [-0.25, -0.2) is 0 Å². The predicted octanol–water partition coefficient (Wildman–Crippen LogP) is 4.38. The molecule has 1 aromatic rings. The molecule has 4 fully saturated rings. The Bertz CT molecular complexity index is 1990. The number of likely N-dealkylation sites (N-methyl/N-ethyl adjacent to an activating group) is 2. The lowest BCUT2D eigenvalue weighted by Crippen LogP contribution is -2.60. The van der Waals surface area contributed by atoms with Crippen molar-refractivity contribution >= 4 is 90.2 Å². The Morgan fingerprint density at radius 3 is 1.18 bits per heavy atom. The van der Waals surface area contributed by atoms with Gasteiger partial charge in [-0.2, -0.15) is 0 Å². The van der Waals surface area contributed by atoms with Crippen molar-refractivity contribution in [1.29, 1.82) is 0 Å². The summed E-state index contributed by atoms with van der Waals surface area (Å²) in [5.74, 6) is -2.59. The first-order valence-electron chi connectivity index (χ1n) is 27.1. The van der Waals surface area contributed by atoms with Crippen LogP contribution in [0.3, 0.4) is 0 Å². The van der Waals surface area contributed by atoms with Crippen molar-refractivity contribution < 1.29 is 38.4 Å². The molecule has 10 N–H and O–H groups in total. The van der Waals surface area contributed by atoms with Gasteiger partial charge in [0.2, 0.25) is 35.4 Å². The number of nitrogens with two attached hydrogens (primary N) is 1. The quantitative estimate of drug-likeness (QED) is 0.0828. The summed E-state index contributed by atoms with van der Waals surface area (Å²) in [6.07, 6.45) is 11.8. The minimum absolute atomic E-state index is 0. The van der Waals surface area contributed by atoms with E-state index in [1.54, 1.807) is 37.7 Å². The number of nitrogens with zero attached hydrogens (tertiary/aromatic N) is 2. The van der Waals surface area contributed by atoms with E-state index in [0.29, 0.717) is 38.8 Å². The van der Waals surface area contributed by atoms with Crippen LogP contribution in [0.1, 0.15) is 166 Å². The number of halogens is 3. The van der Waals surface area contributed by atoms with Gasteiger partial charge in [-0.3, -0.25) is 38.4 Å². The third-order valence-corrected chi connectivity index (χ3v) is 15.7. The van der Waals surface area contributed by atoms with Gasteiger partial charge >= 0.3 is 0 Å². The van der Waals surface area contributed by atoms with E-state index in [4.69, 9.17) is 5.73 Å². The molecule has 22 heteroatoms. The van der Waals surface area contributed by atoms with Crippen LogP contribution in [0.15, 0.2) is 18.2 Å². The Hall–Kier alpha value is -4.43. The van der Waals surface area contributed by atoms with E-state index in [2.05, 4.69) is 42.5 Å². The fraction of sp³-hybridized carbons (Fsp3) is 0.741. The second-order valence-electron chi connectivity index (χ2n) is 23.3. The average molecular weight is 1130 g/mol. The molecule has 8 amide bonds. The largest absolute Gasteiger partial charge is 0.399 e. The second kappa shape index (κ2) is 30.6. The summed E-state index contributed by atoms with van der Waals surface area (Å²) in [6, 6.07) is -0.571. The molecule has 2 aliphatic heterocycles. The first-order valence-corrected chi connectivity index (χ1v) is 27.1. The lowest BCUT2D eigenvalue weighted by Gasteiger charge is -2.37. The van der Waals surface area contributed by atoms with Crippen LogP contribution in [0.25, 0.3) is 0 Å². The molecule has 0 bridgehead atoms. The third-order valence-electron chi connectivity index (χ3n) is 15.7. The fourth-order valence-corrected chi connectivity index (χ4v) is 10.9. The highest BCUT2D eigenvalue weighted by atomic mass is 35.5. The maximum absolute atomic E-state index is 14.2. The molecule has 2 saturated carbocycles. The van der Waals surface area contributed by atoms with Crippen LogP contribution in [0.5, 0.6) is 0 Å². The van der Waals surface area contributed by atoms with Crippen LogP contribution in [0, 0.1) is 22.7 Å². The number of rotatable bonds is 20. The van der Waals surface area contributed by atoms with Crippen molar-refractivity contribution in [1.82, 2.24) is 52.3 Å². The summed E-state index contributed by atoms with van der Waals surface area (Å²) in [5, 5.41) is 24.1. The topological polar surface area (TPSA) is 265 Å². The summed E-state index contributed by atoms with van der Waals surface area (Å²) >= 11 is 0. The number of benzene rings is 1. The molecule has 8 atom stereocenters. The minimum atomic E-state index is -0.851. The lowest BCUT2D eigenvalue weighted by molar-refractivity contribution is -0.144. The molecule has 0 radical (unpaired) electrons. The number of likely N-dealkylation sites (tertiary alicyclic amines) is 2. The number of hydrogen-bond acceptors (Lipinski definition) is 11. The normalized spacial score (nSPS) is 20.6. The van der Waals surface area contributed by atoms with Crippen LogP contribution >= 0.6 is 37.2 Å². The number of anilines is 1. The second-order valence-corrected chi connectivity index (χ2v) is 23.3. The smallest absolute Gasteiger partial charge is 0.251 e. The van der Waals surface area contributed by atoms with Gasteiger partial charge < -0.3 is 58.1 Å². The standard InChI is InChI=1S/C54H89N11O8.3ClH/c1-32(56-9)45(66)62-43(53(3,4)5)51(72)64-25-17-23-41(64)49(70)60-39(34-19-13-11-14-20-34)30-58-47(68)36-27-37(29-38(55)28-36)48(69)59-31-40(35-21-15-12-16-22-35)61-50(71)42-24-18-26-65(42)52(73)44(54(6,7)8)63-46(67)33(2)57-10;;;/h27-29,32-35,39-44,56-57H,11-26,30-31,55H2,1-10H3,(H,58,68)(H,59,69)(H,60,70)(H,61,71)(H,62,66)(H,63,67);3*1H/t32-,33-,39+,40+,41-,42-,43+,44+;;;/m0.../s1. The molecule has 2 heterocycles. The first-order chi connectivity index (χ1) is 34.4. The van der Waals surface area contributed by atoms with Gasteiger partial charge in [0.25, 0.3) is 11.8 Å². The Labute approximate surface area is 470 Å². The molecule has 1 aromatic carbocycles. The number of hydrogen-bond donors (Lipinski definition) is 9. The van der Waals surface area contributed by atoms with E-state index in [9.17, 15) is 38.4 Å². The van der Waals surface area contributed by atoms with Gasteiger partial charge in [0.1, 0.15) is 24.2 Å². The summed E-state index contributed by atoms with van der Waals surface area (Å²) in [4.78, 5) is 114. The third kappa shape index (κ3) is 18.3. The van der Waals surface area contributed by atoms with Gasteiger partial charge in [0.05, 0.1) is 12.1 Å². The Kier molecular flexibility index (Phi) is 27.3. The molecule has 76 heavy (non-hydrogen) atoms. The van der Waals surface area contributed by atoms with Crippen molar-refractivity contribution in [2.75, 3.05) is 46.0 Å². The summed E-state index contributed by atoms with van der Waals surface area (Å²) in [5.41, 5.74) is 5.63. The highest BCUT2D eigenvalue weighted by molar-refractivity contribution is 6.01. The Balaban J connectivity index is 0.00000659. The monoisotopic (exact) mass is 1130 g/mol. The zero-order valence-corrected chi connectivity index (χ0v) is 49.1. The summed E-state index contributed by atoms with van der Waals surface area (Å²) in [7, 11) is 3.35. The number of nitrogen functional groups attached to an aromatic ring is 1. The van der Waals surface area contributed by atoms with E-state index in [0.717, 1.165) is 64.2 Å². The molecule has 2 aliphatic carbocycles. The van der Waals surface area contributed by atoms with Crippen LogP contribution in [-0.4, -0.2) is 146 Å². The highest BCUT2D eigenvalue weighted by Gasteiger charge is 2.45. The minimum Gasteiger partial charge on any atom is -0.399 e. The molecule has 19 nitrogen and oxygen atoms in total. The zero-order valence-electron chi connectivity index (χ0n) is 46.7. The maximum Gasteiger partial charge on any atom is 0.251 e. The zero-order chi connectivity index (χ0) is 53.8. The first kappa shape index (κ1) is 67.7. The van der Waals surface area contributed by atoms with Gasteiger partial charge in [-0.15, -0.1) is 37.2 Å². The maximum atomic E-state index is 14.2. The van der Waals surface area contributed by atoms with E-state index in [1.165, 1.54) is 18.2 Å². The number of amides is 8. The predicted molar refractivity (Wildman–Crippen MR) is 304 cm³/mol. The molecule has 4 aliphatic rings. The van der Waals surface area contributed by atoms with Gasteiger partial charge in [-0.05, 0) is 120 Å². The van der Waals surface area contributed by atoms with Crippen molar-refractivity contribution in [2.24, 2.45) is 22.7 Å². The van der Waals surface area contributed by atoms with E-state index in [-0.39, 0.29) is 114 Å². The molecule has 0 spiro atoms. The molecule has 2 saturated heterocycles. The SMILES string of the molecule is CN[C@@H](C)C(=O)N[C@H](C(=O)N1CCC[C@H]1C(=O)N[C@H](CNC(=O)c1cc(N)cc(C(=O)NC[C@@H](NC(=O)[C@@H]2CCCN2C(=O)[C@@H](NC(=O)[C@H](C)NC)C(C)(C)C)C2CCCCC2)c1)C1CCCCC1)C(C)(C)C.Cl.Cl.Cl. The average Bonchev–Trinajstić information content (AvgIpc) is 4.07. The molecule has 432 valence electrons. The fourth-order valence-electron chi connectivity index (χ4n) is 10.9. The molecule has 0 aromatic heterocycles. The van der Waals surface area contributed by atoms with Gasteiger partial charge in [0.15, 0.2) is 0 Å². The van der Waals surface area contributed by atoms with Crippen LogP contribution in [0.4, 0.5) is 5.69 Å². The number of nitrogens with one attached hydrogen (secondary N) is 8. The Morgan fingerprint density at radius 2 is 0.868 bits per heavy atom. The van der Waals surface area contributed by atoms with E-state index >= 15 is 0 Å². The summed E-state index contributed by atoms with van der Waals surface area (Å²) in [6.45, 7) is 15.7. The van der Waals surface area contributed by atoms with E-state index in [1.807, 2.05) is 41.5 Å². The number of carbonyl (C=O) groups excluding carboxylic acids is 8. The molecule has 5 rings (SSSR count). The van der Waals surface area contributed by atoms with Crippen LogP contribution in [-0.2, 0) is 28.8 Å². The van der Waals surface area contributed by atoms with Gasteiger partial charge in [0, 0.05) is 55.1 Å². The van der Waals surface area contributed by atoms with Crippen molar-refractivity contribution in [3.63, 3.8) is 0 Å². The highest BCUT2D eigenvalue weighted by Crippen LogP contribution is 2.31. The number of carbonyl (C=O) groups is 8. The Morgan fingerprint density at radius 1 is 0.526 bits per heavy atom. The van der Waals surface area contributed by atoms with Gasteiger partial charge in [-0.1, -0.05) is 80.1 Å². The molecular weight excluding hydrogens is 1040 g/mol. The van der Waals surface area contributed by atoms with Crippen LogP contribution < -0.4 is 48.3 Å². The molecule has 0 unspecified atom stereocenters. The van der Waals surface area contributed by atoms with Crippen LogP contribution in [0.2, 0.25) is 0 Å². The van der Waals surface area contributed by atoms with Crippen molar-refractivity contribution in [2.45, 2.75) is 194 Å². The molecular formula is C54H92Cl3N11O8. The van der Waals surface area contributed by atoms with Crippen molar-refractivity contribution in [3.8, 4) is 0 Å². The summed E-state index contributed by atoms with van der Waals surface area (Å²) < 4.78 is 0. The lowest BCUT2D eigenvalue weighted by atomic mass is 9.83. The van der Waals surface area contributed by atoms with Crippen molar-refractivity contribution in [3.05, 3.63) is 29.3 Å². The van der Waals surface area contributed by atoms with E-state index < -0.39 is 71.0 Å².